The molecule has 4 rings (SSSR count). The molecule has 2 aliphatic heterocycles. The summed E-state index contributed by atoms with van der Waals surface area (Å²) in [5.41, 5.74) is -0.0696. The number of rotatable bonds is 6. The number of aryl methyl sites for hydroxylation is 1. The van der Waals surface area contributed by atoms with Crippen LogP contribution in [0.25, 0.3) is 11.0 Å². The van der Waals surface area contributed by atoms with Gasteiger partial charge in [0.25, 0.3) is 16.1 Å². The number of oxime groups is 1. The van der Waals surface area contributed by atoms with Crippen molar-refractivity contribution in [2.45, 2.75) is 44.4 Å². The predicted octanol–water partition coefficient (Wildman–Crippen LogP) is 1.83. The summed E-state index contributed by atoms with van der Waals surface area (Å²) in [7, 11) is -3.03. The minimum absolute atomic E-state index is 0.0944. The van der Waals surface area contributed by atoms with Crippen molar-refractivity contribution in [1.82, 2.24) is 14.8 Å². The molecule has 2 aromatic heterocycles. The molecular formula is C18H19Cl2N5O5S. The Morgan fingerprint density at radius 3 is 2.52 bits per heavy atom. The first-order chi connectivity index (χ1) is 14.7. The monoisotopic (exact) mass is 487 g/mol. The Morgan fingerprint density at radius 1 is 1.26 bits per heavy atom. The fraction of sp³-hybridized carbons (Fsp3) is 0.500. The molecule has 0 bridgehead atoms. The van der Waals surface area contributed by atoms with Gasteiger partial charge in [0.1, 0.15) is 9.84 Å². The number of nitrogens with zero attached hydrogens (tertiary/aromatic N) is 4. The number of pyridine rings is 1. The van der Waals surface area contributed by atoms with E-state index in [0.29, 0.717) is 41.7 Å². The lowest BCUT2D eigenvalue weighted by Crippen LogP contribution is -2.42. The van der Waals surface area contributed by atoms with E-state index in [1.807, 2.05) is 6.92 Å². The third-order valence-corrected chi connectivity index (χ3v) is 7.87. The van der Waals surface area contributed by atoms with Crippen molar-refractivity contribution >= 4 is 66.0 Å². The smallest absolute Gasteiger partial charge is 0.288 e. The van der Waals surface area contributed by atoms with Gasteiger partial charge in [0.2, 0.25) is 0 Å². The highest BCUT2D eigenvalue weighted by atomic mass is 35.5. The number of carbonyl (C=O) groups excluding carboxylic acids is 2. The van der Waals surface area contributed by atoms with Crippen LogP contribution in [0.2, 0.25) is 0 Å². The summed E-state index contributed by atoms with van der Waals surface area (Å²) in [4.78, 5) is 33.3. The van der Waals surface area contributed by atoms with Gasteiger partial charge in [0, 0.05) is 24.3 Å². The Bertz CT molecular complexity index is 1180. The summed E-state index contributed by atoms with van der Waals surface area (Å²) in [5, 5.41) is 10.2. The van der Waals surface area contributed by atoms with Gasteiger partial charge < -0.3 is 10.2 Å². The Morgan fingerprint density at radius 2 is 1.94 bits per heavy atom. The molecule has 0 aliphatic carbocycles. The molecule has 0 spiro atoms. The van der Waals surface area contributed by atoms with Crippen LogP contribution in [0, 0.1) is 0 Å². The lowest BCUT2D eigenvalue weighted by molar-refractivity contribution is -0.144. The molecule has 1 fully saturated rings. The van der Waals surface area contributed by atoms with Gasteiger partial charge in [-0.25, -0.2) is 18.1 Å². The molecule has 0 saturated carbocycles. The van der Waals surface area contributed by atoms with E-state index in [4.69, 9.17) is 28.0 Å². The van der Waals surface area contributed by atoms with Gasteiger partial charge in [-0.05, 0) is 43.0 Å². The lowest BCUT2D eigenvalue weighted by Gasteiger charge is -2.25. The van der Waals surface area contributed by atoms with Crippen LogP contribution in [0.3, 0.4) is 0 Å². The zero-order valence-corrected chi connectivity index (χ0v) is 18.8. The van der Waals surface area contributed by atoms with Gasteiger partial charge in [0.05, 0.1) is 40.9 Å². The van der Waals surface area contributed by atoms with Crippen molar-refractivity contribution in [1.29, 1.82) is 0 Å². The average molecular weight is 488 g/mol. The van der Waals surface area contributed by atoms with Gasteiger partial charge in [-0.2, -0.15) is 5.10 Å². The van der Waals surface area contributed by atoms with E-state index < -0.39 is 25.9 Å². The van der Waals surface area contributed by atoms with E-state index in [1.165, 1.54) is 0 Å². The van der Waals surface area contributed by atoms with Crippen molar-refractivity contribution in [2.24, 2.45) is 5.16 Å². The van der Waals surface area contributed by atoms with E-state index in [2.05, 4.69) is 20.6 Å². The fourth-order valence-electron chi connectivity index (χ4n) is 3.74. The van der Waals surface area contributed by atoms with Crippen LogP contribution < -0.4 is 5.32 Å². The SMILES string of the molecule is CCn1ncc2c(NC3CCS(=O)(=O)CC3)c(C3=NOC(C(=O)Cl)(C(=O)Cl)C3)cnc21. The molecule has 1 saturated heterocycles. The number of carbonyl (C=O) groups is 2. The second-order valence-electron chi connectivity index (χ2n) is 7.50. The predicted molar refractivity (Wildman–Crippen MR) is 115 cm³/mol. The number of nitrogens with one attached hydrogen (secondary N) is 1. The highest BCUT2D eigenvalue weighted by Crippen LogP contribution is 2.36. The zero-order valence-electron chi connectivity index (χ0n) is 16.5. The highest BCUT2D eigenvalue weighted by Gasteiger charge is 2.52. The third kappa shape index (κ3) is 3.90. The van der Waals surface area contributed by atoms with E-state index in [9.17, 15) is 18.0 Å². The Hall–Kier alpha value is -2.24. The molecule has 0 amide bonds. The maximum atomic E-state index is 11.9. The van der Waals surface area contributed by atoms with E-state index in [-0.39, 0.29) is 29.7 Å². The second kappa shape index (κ2) is 8.03. The number of aromatic nitrogens is 3. The molecule has 4 heterocycles. The molecule has 0 unspecified atom stereocenters. The van der Waals surface area contributed by atoms with Gasteiger partial charge >= 0.3 is 0 Å². The molecule has 31 heavy (non-hydrogen) atoms. The molecule has 10 nitrogen and oxygen atoms in total. The summed E-state index contributed by atoms with van der Waals surface area (Å²) in [5.74, 6) is 0.189. The summed E-state index contributed by atoms with van der Waals surface area (Å²) >= 11 is 11.2. The molecule has 13 heteroatoms. The Labute approximate surface area is 187 Å². The lowest BCUT2D eigenvalue weighted by atomic mass is 9.95. The number of hydrogen-bond donors (Lipinski definition) is 1. The molecule has 0 radical (unpaired) electrons. The van der Waals surface area contributed by atoms with Crippen LogP contribution in [0.4, 0.5) is 5.69 Å². The molecule has 0 atom stereocenters. The van der Waals surface area contributed by atoms with Crippen LogP contribution in [0.1, 0.15) is 31.7 Å². The number of halogens is 2. The van der Waals surface area contributed by atoms with Gasteiger partial charge in [-0.15, -0.1) is 0 Å². The molecule has 2 aliphatic rings. The molecular weight excluding hydrogens is 469 g/mol. The van der Waals surface area contributed by atoms with Crippen LogP contribution in [0.5, 0.6) is 0 Å². The highest BCUT2D eigenvalue weighted by molar-refractivity contribution is 7.91. The van der Waals surface area contributed by atoms with Crippen molar-refractivity contribution in [3.8, 4) is 0 Å². The second-order valence-corrected chi connectivity index (χ2v) is 10.5. The first kappa shape index (κ1) is 22.0. The van der Waals surface area contributed by atoms with Gasteiger partial charge in [-0.1, -0.05) is 5.16 Å². The maximum Gasteiger partial charge on any atom is 0.288 e. The topological polar surface area (TPSA) is 133 Å². The normalized spacial score (nSPS) is 20.3. The number of sulfone groups is 1. The standard InChI is InChI=1S/C18H19Cl2N5O5S/c1-2-25-15-12(9-22-25)14(23-10-3-5-31(28,29)6-4-10)11(8-21-15)13-7-18(16(19)26,17(20)27)30-24-13/h8-10H,2-7H2,1H3,(H,21,23). The summed E-state index contributed by atoms with van der Waals surface area (Å²) < 4.78 is 25.3. The van der Waals surface area contributed by atoms with Crippen molar-refractivity contribution in [3.63, 3.8) is 0 Å². The van der Waals surface area contributed by atoms with Crippen molar-refractivity contribution < 1.29 is 22.8 Å². The van der Waals surface area contributed by atoms with Gasteiger partial charge in [-0.3, -0.25) is 9.59 Å². The maximum absolute atomic E-state index is 11.9. The van der Waals surface area contributed by atoms with Crippen LogP contribution >= 0.6 is 23.2 Å². The Balaban J connectivity index is 1.75. The summed E-state index contributed by atoms with van der Waals surface area (Å²) in [6, 6.07) is -0.102. The zero-order chi connectivity index (χ0) is 22.4. The average Bonchev–Trinajstić information content (AvgIpc) is 3.35. The van der Waals surface area contributed by atoms with Gasteiger partial charge in [0.15, 0.2) is 5.65 Å². The fourth-order valence-corrected chi connectivity index (χ4v) is 5.65. The van der Waals surface area contributed by atoms with E-state index >= 15 is 0 Å². The van der Waals surface area contributed by atoms with Crippen LogP contribution in [-0.2, 0) is 30.8 Å². The number of fused-ring (bicyclic) bond motifs is 1. The molecule has 1 N–H and O–H groups in total. The number of hydrogen-bond acceptors (Lipinski definition) is 9. The Kier molecular flexibility index (Phi) is 5.69. The summed E-state index contributed by atoms with van der Waals surface area (Å²) in [6.07, 6.45) is 3.84. The largest absolute Gasteiger partial charge is 0.381 e. The van der Waals surface area contributed by atoms with Crippen LogP contribution in [-0.4, -0.2) is 62.5 Å². The van der Waals surface area contributed by atoms with Crippen molar-refractivity contribution in [3.05, 3.63) is 18.0 Å². The minimum atomic E-state index is -3.03. The number of anilines is 1. The first-order valence-corrected chi connectivity index (χ1v) is 12.2. The quantitative estimate of drug-likeness (QED) is 0.481. The molecule has 166 valence electrons. The molecule has 0 aromatic carbocycles. The van der Waals surface area contributed by atoms with E-state index in [1.54, 1.807) is 17.1 Å². The molecule has 2 aromatic rings. The van der Waals surface area contributed by atoms with E-state index in [0.717, 1.165) is 0 Å². The first-order valence-electron chi connectivity index (χ1n) is 9.63. The van der Waals surface area contributed by atoms with Crippen LogP contribution in [0.15, 0.2) is 17.5 Å². The van der Waals surface area contributed by atoms with Crippen molar-refractivity contribution in [2.75, 3.05) is 16.8 Å². The minimum Gasteiger partial charge on any atom is -0.381 e. The third-order valence-electron chi connectivity index (χ3n) is 5.54. The summed E-state index contributed by atoms with van der Waals surface area (Å²) in [6.45, 7) is 2.54.